The molecule has 0 aliphatic heterocycles. The van der Waals surface area contributed by atoms with E-state index in [1.165, 1.54) is 5.56 Å². The number of carboxylic acids is 1. The number of carbonyl (C=O) groups excluding carboxylic acids is 1. The van der Waals surface area contributed by atoms with Crippen LogP contribution in [0.3, 0.4) is 0 Å². The second-order valence-corrected chi connectivity index (χ2v) is 6.07. The lowest BCUT2D eigenvalue weighted by molar-refractivity contribution is -0.153. The molecule has 106 valence electrons. The molecule has 1 unspecified atom stereocenters. The molecule has 5 heteroatoms. The third kappa shape index (κ3) is 4.35. The molecule has 1 rings (SSSR count). The van der Waals surface area contributed by atoms with E-state index in [1.807, 2.05) is 30.7 Å². The Labute approximate surface area is 117 Å². The summed E-state index contributed by atoms with van der Waals surface area (Å²) in [6.07, 6.45) is 0.796. The van der Waals surface area contributed by atoms with Gasteiger partial charge < -0.3 is 10.4 Å². The fraction of sp³-hybridized carbons (Fsp3) is 0.571. The maximum atomic E-state index is 11.8. The first-order chi connectivity index (χ1) is 8.86. The molecule has 1 amide bonds. The SMILES string of the molecule is CC(C)C(C)(CC(=O)NCCc1ccsc1)C(=O)O. The van der Waals surface area contributed by atoms with Crippen LogP contribution in [0, 0.1) is 11.3 Å². The first kappa shape index (κ1) is 15.7. The second-order valence-electron chi connectivity index (χ2n) is 5.29. The summed E-state index contributed by atoms with van der Waals surface area (Å²) in [5.41, 5.74) is 0.182. The molecule has 0 bridgehead atoms. The number of amides is 1. The van der Waals surface area contributed by atoms with Crippen LogP contribution in [0.1, 0.15) is 32.8 Å². The van der Waals surface area contributed by atoms with Crippen LogP contribution in [-0.4, -0.2) is 23.5 Å². The van der Waals surface area contributed by atoms with Crippen LogP contribution in [0.25, 0.3) is 0 Å². The topological polar surface area (TPSA) is 66.4 Å². The Morgan fingerprint density at radius 3 is 2.63 bits per heavy atom. The number of carbonyl (C=O) groups is 2. The summed E-state index contributed by atoms with van der Waals surface area (Å²) in [7, 11) is 0. The Kier molecular flexibility index (Phi) is 5.54. The zero-order chi connectivity index (χ0) is 14.5. The third-order valence-electron chi connectivity index (χ3n) is 3.61. The number of aliphatic carboxylic acids is 1. The van der Waals surface area contributed by atoms with Gasteiger partial charge in [0.25, 0.3) is 0 Å². The van der Waals surface area contributed by atoms with Gasteiger partial charge in [0.05, 0.1) is 5.41 Å². The number of hydrogen-bond acceptors (Lipinski definition) is 3. The average Bonchev–Trinajstić information content (AvgIpc) is 2.81. The van der Waals surface area contributed by atoms with Crippen molar-refractivity contribution in [2.45, 2.75) is 33.6 Å². The zero-order valence-electron chi connectivity index (χ0n) is 11.6. The molecule has 0 saturated carbocycles. The normalized spacial score (nSPS) is 14.1. The molecule has 0 fully saturated rings. The summed E-state index contributed by atoms with van der Waals surface area (Å²) in [6, 6.07) is 2.02. The smallest absolute Gasteiger partial charge is 0.310 e. The van der Waals surface area contributed by atoms with Gasteiger partial charge in [-0.05, 0) is 41.7 Å². The highest BCUT2D eigenvalue weighted by molar-refractivity contribution is 7.07. The monoisotopic (exact) mass is 283 g/mol. The van der Waals surface area contributed by atoms with Crippen LogP contribution < -0.4 is 5.32 Å². The molecule has 0 aliphatic carbocycles. The lowest BCUT2D eigenvalue weighted by atomic mass is 9.76. The molecular weight excluding hydrogens is 262 g/mol. The minimum atomic E-state index is -1.01. The number of thiophene rings is 1. The minimum Gasteiger partial charge on any atom is -0.481 e. The fourth-order valence-corrected chi connectivity index (χ4v) is 2.41. The van der Waals surface area contributed by atoms with Gasteiger partial charge in [0.1, 0.15) is 0 Å². The van der Waals surface area contributed by atoms with Gasteiger partial charge in [0.15, 0.2) is 0 Å². The van der Waals surface area contributed by atoms with E-state index in [0.717, 1.165) is 6.42 Å². The van der Waals surface area contributed by atoms with Gasteiger partial charge in [-0.25, -0.2) is 0 Å². The van der Waals surface area contributed by atoms with E-state index < -0.39 is 11.4 Å². The summed E-state index contributed by atoms with van der Waals surface area (Å²) in [6.45, 7) is 5.82. The molecule has 1 atom stereocenters. The van der Waals surface area contributed by atoms with Crippen molar-refractivity contribution in [3.05, 3.63) is 22.4 Å². The van der Waals surface area contributed by atoms with Gasteiger partial charge in [0.2, 0.25) is 5.91 Å². The summed E-state index contributed by atoms with van der Waals surface area (Å²) in [4.78, 5) is 23.1. The van der Waals surface area contributed by atoms with E-state index in [9.17, 15) is 14.7 Å². The third-order valence-corrected chi connectivity index (χ3v) is 4.34. The number of nitrogens with one attached hydrogen (secondary N) is 1. The van der Waals surface area contributed by atoms with Crippen LogP contribution in [0.15, 0.2) is 16.8 Å². The van der Waals surface area contributed by atoms with Crippen molar-refractivity contribution in [1.29, 1.82) is 0 Å². The van der Waals surface area contributed by atoms with Crippen LogP contribution in [0.2, 0.25) is 0 Å². The maximum Gasteiger partial charge on any atom is 0.310 e. The maximum absolute atomic E-state index is 11.8. The molecule has 0 aliphatic rings. The highest BCUT2D eigenvalue weighted by Crippen LogP contribution is 2.31. The Balaban J connectivity index is 2.43. The molecule has 0 spiro atoms. The van der Waals surface area contributed by atoms with E-state index >= 15 is 0 Å². The quantitative estimate of drug-likeness (QED) is 0.808. The van der Waals surface area contributed by atoms with Gasteiger partial charge in [-0.2, -0.15) is 11.3 Å². The highest BCUT2D eigenvalue weighted by Gasteiger charge is 2.38. The first-order valence-electron chi connectivity index (χ1n) is 6.37. The van der Waals surface area contributed by atoms with Crippen LogP contribution in [0.5, 0.6) is 0 Å². The van der Waals surface area contributed by atoms with Crippen LogP contribution >= 0.6 is 11.3 Å². The lowest BCUT2D eigenvalue weighted by Gasteiger charge is -2.28. The van der Waals surface area contributed by atoms with E-state index in [4.69, 9.17) is 0 Å². The molecule has 2 N–H and O–H groups in total. The molecule has 1 aromatic rings. The number of rotatable bonds is 7. The van der Waals surface area contributed by atoms with Gasteiger partial charge in [-0.15, -0.1) is 0 Å². The molecule has 1 heterocycles. The Hall–Kier alpha value is -1.36. The van der Waals surface area contributed by atoms with Crippen LogP contribution in [0.4, 0.5) is 0 Å². The van der Waals surface area contributed by atoms with Crippen molar-refractivity contribution in [3.63, 3.8) is 0 Å². The van der Waals surface area contributed by atoms with Gasteiger partial charge >= 0.3 is 5.97 Å². The van der Waals surface area contributed by atoms with Crippen molar-refractivity contribution in [2.75, 3.05) is 6.54 Å². The van der Waals surface area contributed by atoms with Crippen molar-refractivity contribution in [3.8, 4) is 0 Å². The number of carboxylic acid groups (broad SMARTS) is 1. The highest BCUT2D eigenvalue weighted by atomic mass is 32.1. The summed E-state index contributed by atoms with van der Waals surface area (Å²) < 4.78 is 0. The summed E-state index contributed by atoms with van der Waals surface area (Å²) >= 11 is 1.63. The van der Waals surface area contributed by atoms with Crippen molar-refractivity contribution in [2.24, 2.45) is 11.3 Å². The van der Waals surface area contributed by atoms with E-state index in [1.54, 1.807) is 18.3 Å². The second kappa shape index (κ2) is 6.70. The lowest BCUT2D eigenvalue weighted by Crippen LogP contribution is -2.39. The van der Waals surface area contributed by atoms with Crippen molar-refractivity contribution < 1.29 is 14.7 Å². The van der Waals surface area contributed by atoms with E-state index in [-0.39, 0.29) is 18.2 Å². The zero-order valence-corrected chi connectivity index (χ0v) is 12.4. The fourth-order valence-electron chi connectivity index (χ4n) is 1.70. The predicted molar refractivity (Wildman–Crippen MR) is 76.2 cm³/mol. The standard InChI is InChI=1S/C14H21NO3S/c1-10(2)14(3,13(17)18)8-12(16)15-6-4-11-5-7-19-9-11/h5,7,9-10H,4,6,8H2,1-3H3,(H,15,16)(H,17,18). The Bertz CT molecular complexity index is 428. The molecule has 0 saturated heterocycles. The average molecular weight is 283 g/mol. The van der Waals surface area contributed by atoms with Gasteiger partial charge in [-0.3, -0.25) is 9.59 Å². The van der Waals surface area contributed by atoms with E-state index in [2.05, 4.69) is 5.32 Å². The molecule has 0 aromatic carbocycles. The Morgan fingerprint density at radius 2 is 2.16 bits per heavy atom. The number of hydrogen-bond donors (Lipinski definition) is 2. The predicted octanol–water partition coefficient (Wildman–Crippen LogP) is 2.54. The van der Waals surface area contributed by atoms with Crippen molar-refractivity contribution in [1.82, 2.24) is 5.32 Å². The van der Waals surface area contributed by atoms with Crippen LogP contribution in [-0.2, 0) is 16.0 Å². The minimum absolute atomic E-state index is 0.0175. The largest absolute Gasteiger partial charge is 0.481 e. The molecule has 19 heavy (non-hydrogen) atoms. The van der Waals surface area contributed by atoms with Crippen molar-refractivity contribution >= 4 is 23.2 Å². The van der Waals surface area contributed by atoms with Gasteiger partial charge in [0, 0.05) is 13.0 Å². The molecule has 1 aromatic heterocycles. The summed E-state index contributed by atoms with van der Waals surface area (Å²) in [5.74, 6) is -1.21. The first-order valence-corrected chi connectivity index (χ1v) is 7.31. The molecular formula is C14H21NO3S. The molecule has 0 radical (unpaired) electrons. The Morgan fingerprint density at radius 1 is 1.47 bits per heavy atom. The summed E-state index contributed by atoms with van der Waals surface area (Å²) in [5, 5.41) is 16.1. The molecule has 4 nitrogen and oxygen atoms in total. The van der Waals surface area contributed by atoms with E-state index in [0.29, 0.717) is 6.54 Å². The van der Waals surface area contributed by atoms with Gasteiger partial charge in [-0.1, -0.05) is 13.8 Å².